The molecule has 0 aliphatic carbocycles. The van der Waals surface area contributed by atoms with Crippen LogP contribution in [0.1, 0.15) is 5.56 Å². The largest absolute Gasteiger partial charge is 0.346 e. The summed E-state index contributed by atoms with van der Waals surface area (Å²) in [5.74, 6) is -0.251. The molecule has 0 atom stereocenters. The molecule has 1 aromatic carbocycles. The highest BCUT2D eigenvalue weighted by molar-refractivity contribution is 5.93. The second-order valence-corrected chi connectivity index (χ2v) is 4.30. The van der Waals surface area contributed by atoms with Gasteiger partial charge in [-0.05, 0) is 36.9 Å². The predicted octanol–water partition coefficient (Wildman–Crippen LogP) is 2.48. The summed E-state index contributed by atoms with van der Waals surface area (Å²) in [6.07, 6.45) is 3.43. The Hall–Kier alpha value is -2.27. The Morgan fingerprint density at radius 3 is 2.74 bits per heavy atom. The van der Waals surface area contributed by atoms with Crippen molar-refractivity contribution in [1.82, 2.24) is 20.3 Å². The average Bonchev–Trinajstić information content (AvgIpc) is 2.84. The number of hydrogen-bond donors (Lipinski definition) is 2. The topological polar surface area (TPSA) is 53.6 Å². The van der Waals surface area contributed by atoms with Gasteiger partial charge in [-0.15, -0.1) is 0 Å². The molecule has 5 heteroatoms. The summed E-state index contributed by atoms with van der Waals surface area (Å²) in [5, 5.41) is 4.09. The minimum absolute atomic E-state index is 0.251. The molecule has 4 nitrogen and oxygen atoms in total. The van der Waals surface area contributed by atoms with E-state index in [2.05, 4.69) is 20.3 Å². The number of benzene rings is 1. The van der Waals surface area contributed by atoms with Crippen molar-refractivity contribution in [3.63, 3.8) is 0 Å². The Bertz CT molecular complexity index is 703. The van der Waals surface area contributed by atoms with E-state index in [0.717, 1.165) is 34.4 Å². The van der Waals surface area contributed by atoms with Gasteiger partial charge in [0.15, 0.2) is 0 Å². The molecule has 0 aliphatic heterocycles. The number of aromatic amines is 1. The lowest BCUT2D eigenvalue weighted by Gasteiger charge is -2.04. The van der Waals surface area contributed by atoms with Crippen LogP contribution in [-0.2, 0) is 6.54 Å². The zero-order valence-corrected chi connectivity index (χ0v) is 10.4. The van der Waals surface area contributed by atoms with E-state index < -0.39 is 0 Å². The summed E-state index contributed by atoms with van der Waals surface area (Å²) >= 11 is 0. The lowest BCUT2D eigenvalue weighted by atomic mass is 10.1. The number of rotatable bonds is 3. The van der Waals surface area contributed by atoms with Crippen LogP contribution in [0, 0.1) is 5.82 Å². The van der Waals surface area contributed by atoms with Gasteiger partial charge in [-0.25, -0.2) is 14.4 Å². The van der Waals surface area contributed by atoms with Crippen molar-refractivity contribution in [2.45, 2.75) is 6.54 Å². The number of hydrogen-bond acceptors (Lipinski definition) is 3. The second-order valence-electron chi connectivity index (χ2n) is 4.30. The maximum atomic E-state index is 13.0. The van der Waals surface area contributed by atoms with Crippen LogP contribution in [0.15, 0.2) is 36.8 Å². The SMILES string of the molecule is CNCc1c[nH]c2ncnc(-c3ccc(F)cc3)c12. The van der Waals surface area contributed by atoms with Crippen molar-refractivity contribution in [2.24, 2.45) is 0 Å². The molecule has 2 N–H and O–H groups in total. The molecular weight excluding hydrogens is 243 g/mol. The fourth-order valence-corrected chi connectivity index (χ4v) is 2.18. The highest BCUT2D eigenvalue weighted by Crippen LogP contribution is 2.27. The quantitative estimate of drug-likeness (QED) is 0.757. The van der Waals surface area contributed by atoms with Crippen LogP contribution in [0.4, 0.5) is 4.39 Å². The molecule has 96 valence electrons. The molecule has 0 spiro atoms. The number of fused-ring (bicyclic) bond motifs is 1. The zero-order valence-electron chi connectivity index (χ0n) is 10.4. The lowest BCUT2D eigenvalue weighted by molar-refractivity contribution is 0.628. The van der Waals surface area contributed by atoms with E-state index in [0.29, 0.717) is 0 Å². The molecule has 2 heterocycles. The van der Waals surface area contributed by atoms with Gasteiger partial charge < -0.3 is 10.3 Å². The number of aromatic nitrogens is 3. The molecule has 0 saturated carbocycles. The lowest BCUT2D eigenvalue weighted by Crippen LogP contribution is -2.04. The number of H-pyrrole nitrogens is 1. The number of nitrogens with one attached hydrogen (secondary N) is 2. The molecule has 19 heavy (non-hydrogen) atoms. The van der Waals surface area contributed by atoms with Crippen LogP contribution < -0.4 is 5.32 Å². The normalized spacial score (nSPS) is 11.1. The fourth-order valence-electron chi connectivity index (χ4n) is 2.18. The Labute approximate surface area is 109 Å². The summed E-state index contributed by atoms with van der Waals surface area (Å²) in [6, 6.07) is 6.34. The number of halogens is 1. The molecule has 3 rings (SSSR count). The fraction of sp³-hybridized carbons (Fsp3) is 0.143. The summed E-state index contributed by atoms with van der Waals surface area (Å²) in [4.78, 5) is 11.7. The molecular formula is C14H13FN4. The van der Waals surface area contributed by atoms with Gasteiger partial charge >= 0.3 is 0 Å². The Balaban J connectivity index is 2.22. The smallest absolute Gasteiger partial charge is 0.141 e. The van der Waals surface area contributed by atoms with Gasteiger partial charge in [0.2, 0.25) is 0 Å². The van der Waals surface area contributed by atoms with Crippen molar-refractivity contribution in [3.8, 4) is 11.3 Å². The summed E-state index contributed by atoms with van der Waals surface area (Å²) < 4.78 is 13.0. The van der Waals surface area contributed by atoms with Gasteiger partial charge in [-0.2, -0.15) is 0 Å². The van der Waals surface area contributed by atoms with Crippen LogP contribution in [0.5, 0.6) is 0 Å². The molecule has 0 radical (unpaired) electrons. The maximum Gasteiger partial charge on any atom is 0.141 e. The average molecular weight is 256 g/mol. The summed E-state index contributed by atoms with van der Waals surface area (Å²) in [7, 11) is 1.89. The third kappa shape index (κ3) is 2.08. The van der Waals surface area contributed by atoms with Gasteiger partial charge in [0.25, 0.3) is 0 Å². The Morgan fingerprint density at radius 1 is 1.21 bits per heavy atom. The van der Waals surface area contributed by atoms with Gasteiger partial charge in [-0.1, -0.05) is 0 Å². The van der Waals surface area contributed by atoms with E-state index in [1.54, 1.807) is 12.1 Å². The van der Waals surface area contributed by atoms with E-state index in [4.69, 9.17) is 0 Å². The van der Waals surface area contributed by atoms with Crippen LogP contribution in [0.2, 0.25) is 0 Å². The highest BCUT2D eigenvalue weighted by Gasteiger charge is 2.12. The zero-order chi connectivity index (χ0) is 13.2. The van der Waals surface area contributed by atoms with E-state index in [1.807, 2.05) is 13.2 Å². The summed E-state index contributed by atoms with van der Waals surface area (Å²) in [5.41, 5.74) is 3.58. The van der Waals surface area contributed by atoms with Crippen molar-refractivity contribution in [1.29, 1.82) is 0 Å². The summed E-state index contributed by atoms with van der Waals surface area (Å²) in [6.45, 7) is 0.724. The van der Waals surface area contributed by atoms with Gasteiger partial charge in [0.1, 0.15) is 17.8 Å². The molecule has 3 aromatic rings. The van der Waals surface area contributed by atoms with Gasteiger partial charge in [0, 0.05) is 23.7 Å². The standard InChI is InChI=1S/C14H13FN4/c1-16-6-10-7-17-14-12(10)13(18-8-19-14)9-2-4-11(15)5-3-9/h2-5,7-8,16H,6H2,1H3,(H,17,18,19). The third-order valence-corrected chi connectivity index (χ3v) is 3.04. The molecule has 0 unspecified atom stereocenters. The number of nitrogens with zero attached hydrogens (tertiary/aromatic N) is 2. The molecule has 2 aromatic heterocycles. The Kier molecular flexibility index (Phi) is 2.97. The van der Waals surface area contributed by atoms with Crippen LogP contribution in [-0.4, -0.2) is 22.0 Å². The van der Waals surface area contributed by atoms with Crippen LogP contribution >= 0.6 is 0 Å². The van der Waals surface area contributed by atoms with Gasteiger partial charge in [-0.3, -0.25) is 0 Å². The minimum atomic E-state index is -0.251. The van der Waals surface area contributed by atoms with Crippen molar-refractivity contribution < 1.29 is 4.39 Å². The maximum absolute atomic E-state index is 13.0. The molecule has 0 fully saturated rings. The third-order valence-electron chi connectivity index (χ3n) is 3.04. The monoisotopic (exact) mass is 256 g/mol. The van der Waals surface area contributed by atoms with E-state index in [9.17, 15) is 4.39 Å². The molecule has 0 bridgehead atoms. The molecule has 0 amide bonds. The predicted molar refractivity (Wildman–Crippen MR) is 72.0 cm³/mol. The minimum Gasteiger partial charge on any atom is -0.346 e. The van der Waals surface area contributed by atoms with Crippen molar-refractivity contribution >= 4 is 11.0 Å². The van der Waals surface area contributed by atoms with Crippen molar-refractivity contribution in [3.05, 3.63) is 48.2 Å². The van der Waals surface area contributed by atoms with E-state index >= 15 is 0 Å². The van der Waals surface area contributed by atoms with E-state index in [1.165, 1.54) is 18.5 Å². The first kappa shape index (κ1) is 11.8. The van der Waals surface area contributed by atoms with Crippen LogP contribution in [0.3, 0.4) is 0 Å². The first-order valence-corrected chi connectivity index (χ1v) is 6.01. The second kappa shape index (κ2) is 4.78. The van der Waals surface area contributed by atoms with Crippen molar-refractivity contribution in [2.75, 3.05) is 7.05 Å². The molecule has 0 saturated heterocycles. The molecule has 0 aliphatic rings. The van der Waals surface area contributed by atoms with Crippen LogP contribution in [0.25, 0.3) is 22.3 Å². The van der Waals surface area contributed by atoms with Gasteiger partial charge in [0.05, 0.1) is 5.69 Å². The first-order chi connectivity index (χ1) is 9.29. The van der Waals surface area contributed by atoms with E-state index in [-0.39, 0.29) is 5.82 Å². The Morgan fingerprint density at radius 2 is 2.00 bits per heavy atom. The first-order valence-electron chi connectivity index (χ1n) is 6.01. The highest BCUT2D eigenvalue weighted by atomic mass is 19.1.